The lowest BCUT2D eigenvalue weighted by molar-refractivity contribution is -0.142. The van der Waals surface area contributed by atoms with E-state index < -0.39 is 47.9 Å². The number of carbonyl (C=O) groups excluding carboxylic acids is 3. The number of phenolic OH excluding ortho intramolecular Hbond substituents is 1. The van der Waals surface area contributed by atoms with Gasteiger partial charge >= 0.3 is 5.97 Å². The number of phenols is 1. The van der Waals surface area contributed by atoms with Gasteiger partial charge in [-0.2, -0.15) is 12.6 Å². The van der Waals surface area contributed by atoms with Crippen LogP contribution in [0.4, 0.5) is 0 Å². The largest absolute Gasteiger partial charge is 0.508 e. The summed E-state index contributed by atoms with van der Waals surface area (Å²) < 4.78 is 0. The van der Waals surface area contributed by atoms with E-state index in [-0.39, 0.29) is 30.8 Å². The average molecular weight is 550 g/mol. The molecule has 3 amide bonds. The number of nitrogens with one attached hydrogen (secondary N) is 4. The topological polar surface area (TPSA) is 226 Å². The Kier molecular flexibility index (Phi) is 12.6. The predicted molar refractivity (Wildman–Crippen MR) is 142 cm³/mol. The van der Waals surface area contributed by atoms with Crippen LogP contribution in [-0.2, 0) is 32.0 Å². The monoisotopic (exact) mass is 549 g/mol. The van der Waals surface area contributed by atoms with Gasteiger partial charge in [-0.15, -0.1) is 0 Å². The highest BCUT2D eigenvalue weighted by molar-refractivity contribution is 7.80. The van der Waals surface area contributed by atoms with Gasteiger partial charge in [0.1, 0.15) is 23.9 Å². The van der Waals surface area contributed by atoms with E-state index in [0.29, 0.717) is 25.1 Å². The van der Waals surface area contributed by atoms with Crippen molar-refractivity contribution in [2.45, 2.75) is 56.3 Å². The molecule has 1 aromatic carbocycles. The third-order valence-electron chi connectivity index (χ3n) is 5.72. The molecule has 0 aliphatic carbocycles. The first-order valence-corrected chi connectivity index (χ1v) is 12.7. The Hall–Kier alpha value is -3.62. The number of unbranched alkanes of at least 4 members (excludes halogenated alkanes) is 1. The van der Waals surface area contributed by atoms with Crippen LogP contribution in [0.3, 0.4) is 0 Å². The molecule has 10 N–H and O–H groups in total. The molecular formula is C24H35N7O6S. The number of carboxylic acids is 1. The van der Waals surface area contributed by atoms with Crippen molar-refractivity contribution in [2.24, 2.45) is 11.5 Å². The molecule has 1 heterocycles. The highest BCUT2D eigenvalue weighted by Crippen LogP contribution is 2.11. The second-order valence-corrected chi connectivity index (χ2v) is 9.11. The van der Waals surface area contributed by atoms with E-state index in [1.807, 2.05) is 0 Å². The molecule has 0 saturated carbocycles. The molecule has 13 nitrogen and oxygen atoms in total. The Labute approximate surface area is 225 Å². The average Bonchev–Trinajstić information content (AvgIpc) is 3.40. The SMILES string of the molecule is NCCCCC(NC(=O)C(N)Cc1ccc(O)cc1)C(=O)NC(CS)C(=O)NC(Cc1cnc[nH]1)C(=O)O. The molecule has 0 saturated heterocycles. The van der Waals surface area contributed by atoms with Gasteiger partial charge in [-0.3, -0.25) is 14.4 Å². The number of benzene rings is 1. The quantitative estimate of drug-likeness (QED) is 0.0906. The van der Waals surface area contributed by atoms with E-state index in [1.54, 1.807) is 12.1 Å². The van der Waals surface area contributed by atoms with Crippen LogP contribution < -0.4 is 27.4 Å². The summed E-state index contributed by atoms with van der Waals surface area (Å²) in [6, 6.07) is 1.85. The zero-order chi connectivity index (χ0) is 28.1. The summed E-state index contributed by atoms with van der Waals surface area (Å²) in [5, 5.41) is 26.5. The number of aromatic hydroxyl groups is 1. The van der Waals surface area contributed by atoms with Crippen LogP contribution in [0.1, 0.15) is 30.5 Å². The molecule has 14 heteroatoms. The zero-order valence-electron chi connectivity index (χ0n) is 20.8. The Morgan fingerprint density at radius 1 is 0.947 bits per heavy atom. The minimum atomic E-state index is -1.26. The van der Waals surface area contributed by atoms with Crippen LogP contribution in [0.15, 0.2) is 36.8 Å². The summed E-state index contributed by atoms with van der Waals surface area (Å²) in [5.41, 5.74) is 12.8. The lowest BCUT2D eigenvalue weighted by Gasteiger charge is -2.24. The van der Waals surface area contributed by atoms with Gasteiger partial charge in [-0.1, -0.05) is 12.1 Å². The molecule has 2 aromatic rings. The summed E-state index contributed by atoms with van der Waals surface area (Å²) in [7, 11) is 0. The first-order valence-electron chi connectivity index (χ1n) is 12.1. The summed E-state index contributed by atoms with van der Waals surface area (Å²) in [5.74, 6) is -3.23. The number of hydrogen-bond donors (Lipinski definition) is 9. The molecule has 0 fully saturated rings. The number of amides is 3. The summed E-state index contributed by atoms with van der Waals surface area (Å²) in [4.78, 5) is 56.9. The number of aromatic amines is 1. The second-order valence-electron chi connectivity index (χ2n) is 8.75. The third kappa shape index (κ3) is 10.0. The summed E-state index contributed by atoms with van der Waals surface area (Å²) in [6.45, 7) is 0.400. The predicted octanol–water partition coefficient (Wildman–Crippen LogP) is -1.17. The molecule has 38 heavy (non-hydrogen) atoms. The number of carbonyl (C=O) groups is 4. The van der Waals surface area contributed by atoms with Gasteiger partial charge in [0.05, 0.1) is 12.4 Å². The lowest BCUT2D eigenvalue weighted by atomic mass is 10.0. The number of aromatic nitrogens is 2. The lowest BCUT2D eigenvalue weighted by Crippen LogP contribution is -2.58. The number of carboxylic acid groups (broad SMARTS) is 1. The minimum absolute atomic E-state index is 0.0367. The molecule has 208 valence electrons. The number of rotatable bonds is 16. The van der Waals surface area contributed by atoms with E-state index >= 15 is 0 Å². The smallest absolute Gasteiger partial charge is 0.326 e. The van der Waals surface area contributed by atoms with E-state index in [0.717, 1.165) is 5.56 Å². The number of thiol groups is 1. The van der Waals surface area contributed by atoms with Crippen molar-refractivity contribution in [1.82, 2.24) is 25.9 Å². The number of aliphatic carboxylic acids is 1. The van der Waals surface area contributed by atoms with Gasteiger partial charge in [0, 0.05) is 24.1 Å². The molecule has 2 rings (SSSR count). The van der Waals surface area contributed by atoms with Crippen molar-refractivity contribution < 1.29 is 29.4 Å². The van der Waals surface area contributed by atoms with Crippen LogP contribution in [0.5, 0.6) is 5.75 Å². The van der Waals surface area contributed by atoms with Crippen molar-refractivity contribution in [3.63, 3.8) is 0 Å². The van der Waals surface area contributed by atoms with Crippen LogP contribution in [-0.4, -0.2) is 80.3 Å². The Balaban J connectivity index is 2.03. The van der Waals surface area contributed by atoms with Gasteiger partial charge in [0.2, 0.25) is 17.7 Å². The van der Waals surface area contributed by atoms with Gasteiger partial charge in [-0.05, 0) is 49.9 Å². The van der Waals surface area contributed by atoms with Crippen LogP contribution >= 0.6 is 12.6 Å². The zero-order valence-corrected chi connectivity index (χ0v) is 21.7. The van der Waals surface area contributed by atoms with Crippen LogP contribution in [0.2, 0.25) is 0 Å². The summed E-state index contributed by atoms with van der Waals surface area (Å²) in [6.07, 6.45) is 4.38. The highest BCUT2D eigenvalue weighted by atomic mass is 32.1. The van der Waals surface area contributed by atoms with E-state index in [1.165, 1.54) is 24.7 Å². The molecule has 0 aliphatic rings. The molecule has 0 spiro atoms. The number of H-pyrrole nitrogens is 1. The normalized spacial score (nSPS) is 14.1. The van der Waals surface area contributed by atoms with Crippen molar-refractivity contribution in [3.8, 4) is 5.75 Å². The molecule has 4 atom stereocenters. The molecule has 0 radical (unpaired) electrons. The maximum atomic E-state index is 13.1. The second kappa shape index (κ2) is 15.6. The maximum absolute atomic E-state index is 13.1. The molecule has 0 aliphatic heterocycles. The Morgan fingerprint density at radius 3 is 2.16 bits per heavy atom. The summed E-state index contributed by atoms with van der Waals surface area (Å²) >= 11 is 4.13. The molecule has 0 bridgehead atoms. The maximum Gasteiger partial charge on any atom is 0.326 e. The van der Waals surface area contributed by atoms with Crippen molar-refractivity contribution >= 4 is 36.3 Å². The Morgan fingerprint density at radius 2 is 1.58 bits per heavy atom. The van der Waals surface area contributed by atoms with E-state index in [2.05, 4.69) is 38.5 Å². The third-order valence-corrected chi connectivity index (χ3v) is 6.08. The Bertz CT molecular complexity index is 1050. The number of nitrogens with two attached hydrogens (primary N) is 2. The first kappa shape index (κ1) is 30.6. The first-order chi connectivity index (χ1) is 18.1. The van der Waals surface area contributed by atoms with E-state index in [4.69, 9.17) is 11.5 Å². The molecular weight excluding hydrogens is 514 g/mol. The van der Waals surface area contributed by atoms with Crippen LogP contribution in [0, 0.1) is 0 Å². The fourth-order valence-corrected chi connectivity index (χ4v) is 3.83. The molecule has 4 unspecified atom stereocenters. The standard InChI is InChI=1S/C24H35N7O6S/c25-8-2-1-3-18(29-21(33)17(26)9-14-4-6-16(32)7-5-14)22(34)31-20(12-38)23(35)30-19(24(36)37)10-15-11-27-13-28-15/h4-7,11,13,17-20,32,38H,1-3,8-10,12,25-26H2,(H,27,28)(H,29,33)(H,30,35)(H,31,34)(H,36,37). The number of nitrogens with zero attached hydrogens (tertiary/aromatic N) is 1. The molecule has 1 aromatic heterocycles. The van der Waals surface area contributed by atoms with Crippen molar-refractivity contribution in [1.29, 1.82) is 0 Å². The highest BCUT2D eigenvalue weighted by Gasteiger charge is 2.30. The fraction of sp³-hybridized carbons (Fsp3) is 0.458. The van der Waals surface area contributed by atoms with Crippen LogP contribution in [0.25, 0.3) is 0 Å². The van der Waals surface area contributed by atoms with Gasteiger partial charge < -0.3 is 42.6 Å². The van der Waals surface area contributed by atoms with Gasteiger partial charge in [0.25, 0.3) is 0 Å². The van der Waals surface area contributed by atoms with Crippen molar-refractivity contribution in [2.75, 3.05) is 12.3 Å². The minimum Gasteiger partial charge on any atom is -0.508 e. The van der Waals surface area contributed by atoms with Crippen molar-refractivity contribution in [3.05, 3.63) is 48.0 Å². The van der Waals surface area contributed by atoms with E-state index in [9.17, 15) is 29.4 Å². The van der Waals surface area contributed by atoms with Gasteiger partial charge in [-0.25, -0.2) is 9.78 Å². The van der Waals surface area contributed by atoms with Gasteiger partial charge in [0.15, 0.2) is 0 Å². The number of imidazole rings is 1. The number of hydrogen-bond acceptors (Lipinski definition) is 9. The fourth-order valence-electron chi connectivity index (χ4n) is 3.57.